The van der Waals surface area contributed by atoms with Crippen LogP contribution in [-0.4, -0.2) is 36.5 Å². The summed E-state index contributed by atoms with van der Waals surface area (Å²) in [5.74, 6) is -2.31. The van der Waals surface area contributed by atoms with E-state index in [1.54, 1.807) is 0 Å². The number of esters is 2. The number of ether oxygens (including phenoxy) is 2. The monoisotopic (exact) mass is 440 g/mol. The molecule has 32 heavy (non-hydrogen) atoms. The van der Waals surface area contributed by atoms with Gasteiger partial charge in [0.1, 0.15) is 0 Å². The highest BCUT2D eigenvalue weighted by molar-refractivity contribution is 5.97. The van der Waals surface area contributed by atoms with Crippen LogP contribution < -0.4 is 5.32 Å². The molecule has 1 atom stereocenters. The molecule has 0 fully saturated rings. The molecule has 2 aromatic rings. The molecule has 0 aliphatic heterocycles. The van der Waals surface area contributed by atoms with E-state index in [2.05, 4.69) is 22.2 Å². The number of methoxy groups -OCH3 is 1. The topological polar surface area (TPSA) is 125 Å². The van der Waals surface area contributed by atoms with Crippen molar-refractivity contribution >= 4 is 23.5 Å². The van der Waals surface area contributed by atoms with Crippen LogP contribution in [0.25, 0.3) is 0 Å². The van der Waals surface area contributed by atoms with Crippen LogP contribution in [0.15, 0.2) is 36.4 Å². The molecule has 2 aromatic carbocycles. The Morgan fingerprint density at radius 2 is 1.69 bits per heavy atom. The van der Waals surface area contributed by atoms with Gasteiger partial charge >= 0.3 is 11.9 Å². The lowest BCUT2D eigenvalue weighted by Crippen LogP contribution is -2.31. The van der Waals surface area contributed by atoms with Crippen molar-refractivity contribution in [3.8, 4) is 0 Å². The second kappa shape index (κ2) is 10.0. The molecular formula is C23H24N2O7. The second-order valence-electron chi connectivity index (χ2n) is 7.62. The summed E-state index contributed by atoms with van der Waals surface area (Å²) < 4.78 is 9.54. The summed E-state index contributed by atoms with van der Waals surface area (Å²) >= 11 is 0. The molecule has 1 aliphatic rings. The number of hydrogen-bond acceptors (Lipinski definition) is 7. The molecule has 0 spiro atoms. The van der Waals surface area contributed by atoms with Crippen molar-refractivity contribution in [3.05, 3.63) is 74.3 Å². The standard InChI is InChI=1S/C23H24N2O7/c1-14(16-8-7-15-5-3-4-6-17(15)9-16)24-21(26)13-32-23(28)19-10-18(22(27)31-2)11-20(12-19)25(29)30/h7-12,14H,3-6,13H2,1-2H3,(H,24,26). The molecular weight excluding hydrogens is 416 g/mol. The maximum absolute atomic E-state index is 12.3. The van der Waals surface area contributed by atoms with Gasteiger partial charge in [-0.05, 0) is 55.4 Å². The number of benzene rings is 2. The number of nitro groups is 1. The molecule has 0 aromatic heterocycles. The van der Waals surface area contributed by atoms with Gasteiger partial charge in [0.25, 0.3) is 11.6 Å². The molecule has 0 bridgehead atoms. The van der Waals surface area contributed by atoms with Crippen molar-refractivity contribution in [3.63, 3.8) is 0 Å². The summed E-state index contributed by atoms with van der Waals surface area (Å²) in [7, 11) is 1.12. The van der Waals surface area contributed by atoms with Gasteiger partial charge in [-0.15, -0.1) is 0 Å². The van der Waals surface area contributed by atoms with Crippen molar-refractivity contribution in [1.82, 2.24) is 5.32 Å². The van der Waals surface area contributed by atoms with Crippen LogP contribution in [0.3, 0.4) is 0 Å². The predicted molar refractivity (Wildman–Crippen MR) is 114 cm³/mol. The third-order valence-corrected chi connectivity index (χ3v) is 5.37. The zero-order valence-corrected chi connectivity index (χ0v) is 17.9. The van der Waals surface area contributed by atoms with Gasteiger partial charge < -0.3 is 14.8 Å². The van der Waals surface area contributed by atoms with Crippen molar-refractivity contribution in [2.75, 3.05) is 13.7 Å². The minimum absolute atomic E-state index is 0.167. The summed E-state index contributed by atoms with van der Waals surface area (Å²) in [5, 5.41) is 13.9. The van der Waals surface area contributed by atoms with Crippen LogP contribution in [0.5, 0.6) is 0 Å². The molecule has 1 amide bonds. The Morgan fingerprint density at radius 1 is 1.03 bits per heavy atom. The van der Waals surface area contributed by atoms with E-state index in [1.807, 2.05) is 13.0 Å². The van der Waals surface area contributed by atoms with E-state index in [-0.39, 0.29) is 17.2 Å². The van der Waals surface area contributed by atoms with E-state index in [4.69, 9.17) is 4.74 Å². The largest absolute Gasteiger partial charge is 0.465 e. The lowest BCUT2D eigenvalue weighted by Gasteiger charge is -2.20. The summed E-state index contributed by atoms with van der Waals surface area (Å²) in [6, 6.07) is 8.99. The Kier molecular flexibility index (Phi) is 7.19. The first-order valence-electron chi connectivity index (χ1n) is 10.2. The third kappa shape index (κ3) is 5.48. The minimum atomic E-state index is -0.963. The lowest BCUT2D eigenvalue weighted by molar-refractivity contribution is -0.384. The first-order chi connectivity index (χ1) is 15.3. The molecule has 0 radical (unpaired) electrons. The van der Waals surface area contributed by atoms with Crippen molar-refractivity contribution in [1.29, 1.82) is 0 Å². The first-order valence-corrected chi connectivity index (χ1v) is 10.2. The van der Waals surface area contributed by atoms with E-state index in [9.17, 15) is 24.5 Å². The number of nitro benzene ring substituents is 1. The molecule has 1 aliphatic carbocycles. The normalized spacial score (nSPS) is 13.4. The predicted octanol–water partition coefficient (Wildman–Crippen LogP) is 3.29. The molecule has 9 nitrogen and oxygen atoms in total. The number of carbonyl (C=O) groups is 3. The van der Waals surface area contributed by atoms with Crippen LogP contribution in [0.4, 0.5) is 5.69 Å². The Morgan fingerprint density at radius 3 is 2.34 bits per heavy atom. The molecule has 0 saturated carbocycles. The fraction of sp³-hybridized carbons (Fsp3) is 0.348. The number of amides is 1. The van der Waals surface area contributed by atoms with Crippen LogP contribution in [0.1, 0.15) is 63.2 Å². The summed E-state index contributed by atoms with van der Waals surface area (Å²) in [6.07, 6.45) is 4.44. The second-order valence-corrected chi connectivity index (χ2v) is 7.62. The molecule has 0 heterocycles. The minimum Gasteiger partial charge on any atom is -0.465 e. The average Bonchev–Trinajstić information content (AvgIpc) is 2.81. The average molecular weight is 440 g/mol. The molecule has 168 valence electrons. The van der Waals surface area contributed by atoms with Crippen LogP contribution in [0, 0.1) is 10.1 Å². The van der Waals surface area contributed by atoms with Crippen LogP contribution in [-0.2, 0) is 27.1 Å². The highest BCUT2D eigenvalue weighted by atomic mass is 16.6. The van der Waals surface area contributed by atoms with Gasteiger partial charge in [0, 0.05) is 12.1 Å². The number of fused-ring (bicyclic) bond motifs is 1. The number of nitrogens with one attached hydrogen (secondary N) is 1. The van der Waals surface area contributed by atoms with Gasteiger partial charge in [0.05, 0.1) is 29.2 Å². The molecule has 0 saturated heterocycles. The van der Waals surface area contributed by atoms with Gasteiger partial charge in [-0.2, -0.15) is 0 Å². The zero-order valence-electron chi connectivity index (χ0n) is 17.9. The molecule has 9 heteroatoms. The van der Waals surface area contributed by atoms with Crippen molar-refractivity contribution in [2.45, 2.75) is 38.6 Å². The quantitative estimate of drug-likeness (QED) is 0.398. The van der Waals surface area contributed by atoms with E-state index in [0.29, 0.717) is 0 Å². The molecule has 1 N–H and O–H groups in total. The number of aryl methyl sites for hydroxylation is 2. The van der Waals surface area contributed by atoms with Crippen LogP contribution >= 0.6 is 0 Å². The first kappa shape index (κ1) is 22.9. The van der Waals surface area contributed by atoms with E-state index >= 15 is 0 Å². The van der Waals surface area contributed by atoms with Crippen molar-refractivity contribution < 1.29 is 28.8 Å². The molecule has 1 unspecified atom stereocenters. The van der Waals surface area contributed by atoms with E-state index < -0.39 is 35.1 Å². The Hall–Kier alpha value is -3.75. The number of rotatable bonds is 7. The fourth-order valence-electron chi connectivity index (χ4n) is 3.67. The number of hydrogen-bond donors (Lipinski definition) is 1. The van der Waals surface area contributed by atoms with Gasteiger partial charge in [0.15, 0.2) is 6.61 Å². The maximum Gasteiger partial charge on any atom is 0.338 e. The van der Waals surface area contributed by atoms with Gasteiger partial charge in [-0.3, -0.25) is 14.9 Å². The number of non-ortho nitro benzene ring substituents is 1. The zero-order chi connectivity index (χ0) is 23.3. The number of nitrogens with zero attached hydrogens (tertiary/aromatic N) is 1. The van der Waals surface area contributed by atoms with Crippen LogP contribution in [0.2, 0.25) is 0 Å². The fourth-order valence-corrected chi connectivity index (χ4v) is 3.67. The van der Waals surface area contributed by atoms with Gasteiger partial charge in [-0.1, -0.05) is 18.2 Å². The maximum atomic E-state index is 12.3. The van der Waals surface area contributed by atoms with E-state index in [1.165, 1.54) is 17.5 Å². The highest BCUT2D eigenvalue weighted by Gasteiger charge is 2.20. The lowest BCUT2D eigenvalue weighted by atomic mass is 9.89. The summed E-state index contributed by atoms with van der Waals surface area (Å²) in [5.41, 5.74) is 2.75. The Balaban J connectivity index is 1.62. The summed E-state index contributed by atoms with van der Waals surface area (Å²) in [6.45, 7) is 1.28. The van der Waals surface area contributed by atoms with Gasteiger partial charge in [-0.25, -0.2) is 9.59 Å². The van der Waals surface area contributed by atoms with E-state index in [0.717, 1.165) is 50.1 Å². The Labute approximate surface area is 184 Å². The number of carbonyl (C=O) groups excluding carboxylic acids is 3. The van der Waals surface area contributed by atoms with Crippen molar-refractivity contribution in [2.24, 2.45) is 0 Å². The highest BCUT2D eigenvalue weighted by Crippen LogP contribution is 2.25. The summed E-state index contributed by atoms with van der Waals surface area (Å²) in [4.78, 5) is 46.7. The Bertz CT molecular complexity index is 1060. The molecule has 3 rings (SSSR count). The third-order valence-electron chi connectivity index (χ3n) is 5.37. The SMILES string of the molecule is COC(=O)c1cc(C(=O)OCC(=O)NC(C)c2ccc3c(c2)CCCC3)cc([N+](=O)[O-])c1. The smallest absolute Gasteiger partial charge is 0.338 e. The van der Waals surface area contributed by atoms with Gasteiger partial charge in [0.2, 0.25) is 0 Å².